The van der Waals surface area contributed by atoms with E-state index in [-0.39, 0.29) is 0 Å². The molecule has 0 saturated heterocycles. The molecule has 2 atom stereocenters. The molecule has 2 unspecified atom stereocenters. The van der Waals surface area contributed by atoms with Crippen molar-refractivity contribution in [1.82, 2.24) is 0 Å². The van der Waals surface area contributed by atoms with Gasteiger partial charge in [-0.25, -0.2) is 0 Å². The number of aliphatic carboxylic acids is 1. The van der Waals surface area contributed by atoms with E-state index in [2.05, 4.69) is 12.2 Å². The van der Waals surface area contributed by atoms with E-state index in [4.69, 9.17) is 9.90 Å². The highest BCUT2D eigenvalue weighted by molar-refractivity contribution is 5.62. The number of hydrogen-bond donors (Lipinski definition) is 1. The molecule has 11 heavy (non-hydrogen) atoms. The molecule has 62 valence electrons. The number of carboxylic acid groups (broad SMARTS) is 1. The number of rotatable bonds is 0. The lowest BCUT2D eigenvalue weighted by molar-refractivity contribution is -0.134. The largest absolute Gasteiger partial charge is 0.481 e. The molecule has 1 fully saturated rings. The van der Waals surface area contributed by atoms with E-state index in [0.717, 1.165) is 18.8 Å². The van der Waals surface area contributed by atoms with E-state index in [1.54, 1.807) is 0 Å². The van der Waals surface area contributed by atoms with Crippen LogP contribution in [0, 0.1) is 11.8 Å². The summed E-state index contributed by atoms with van der Waals surface area (Å²) >= 11 is 0. The van der Waals surface area contributed by atoms with E-state index >= 15 is 0 Å². The van der Waals surface area contributed by atoms with Crippen molar-refractivity contribution in [2.75, 3.05) is 0 Å². The van der Waals surface area contributed by atoms with Gasteiger partial charge in [0.2, 0.25) is 0 Å². The zero-order valence-corrected chi connectivity index (χ0v) is 6.79. The zero-order valence-electron chi connectivity index (χ0n) is 6.79. The number of carboxylic acids is 1. The molecule has 0 spiro atoms. The Balaban J connectivity index is 0.000000134. The molecule has 0 aromatic heterocycles. The van der Waals surface area contributed by atoms with Crippen LogP contribution in [0.15, 0.2) is 12.2 Å². The van der Waals surface area contributed by atoms with Gasteiger partial charge in [0, 0.05) is 6.92 Å². The summed E-state index contributed by atoms with van der Waals surface area (Å²) in [7, 11) is 0. The highest BCUT2D eigenvalue weighted by Crippen LogP contribution is 2.38. The summed E-state index contributed by atoms with van der Waals surface area (Å²) in [4.78, 5) is 9.00. The highest BCUT2D eigenvalue weighted by atomic mass is 16.4. The lowest BCUT2D eigenvalue weighted by Gasteiger charge is -1.96. The van der Waals surface area contributed by atoms with Crippen molar-refractivity contribution in [2.45, 2.75) is 26.2 Å². The highest BCUT2D eigenvalue weighted by Gasteiger charge is 2.25. The Bertz CT molecular complexity index is 156. The van der Waals surface area contributed by atoms with Crippen LogP contribution in [-0.2, 0) is 4.79 Å². The predicted molar refractivity (Wildman–Crippen MR) is 43.3 cm³/mol. The molecule has 2 heteroatoms. The Morgan fingerprint density at radius 1 is 1.36 bits per heavy atom. The van der Waals surface area contributed by atoms with Crippen LogP contribution in [-0.4, -0.2) is 11.1 Å². The second kappa shape index (κ2) is 3.56. The Morgan fingerprint density at radius 2 is 1.73 bits per heavy atom. The minimum Gasteiger partial charge on any atom is -0.481 e. The SMILES string of the molecule is C1=CC2CCC1C2.CC(=O)O. The minimum absolute atomic E-state index is 0.833. The fourth-order valence-electron chi connectivity index (χ4n) is 1.72. The molecule has 0 aliphatic heterocycles. The van der Waals surface area contributed by atoms with Gasteiger partial charge < -0.3 is 5.11 Å². The Kier molecular flexibility index (Phi) is 2.69. The molecule has 2 rings (SSSR count). The molecule has 0 aromatic rings. The van der Waals surface area contributed by atoms with Gasteiger partial charge in [-0.05, 0) is 31.1 Å². The summed E-state index contributed by atoms with van der Waals surface area (Å²) in [6, 6.07) is 0. The van der Waals surface area contributed by atoms with Crippen LogP contribution in [0.1, 0.15) is 26.2 Å². The van der Waals surface area contributed by atoms with Crippen molar-refractivity contribution in [1.29, 1.82) is 0 Å². The van der Waals surface area contributed by atoms with Gasteiger partial charge in [-0.2, -0.15) is 0 Å². The molecule has 1 N–H and O–H groups in total. The molecule has 1 saturated carbocycles. The molecular formula is C9H14O2. The average Bonchev–Trinajstić information content (AvgIpc) is 2.45. The van der Waals surface area contributed by atoms with Crippen molar-refractivity contribution in [3.63, 3.8) is 0 Å². The fourth-order valence-corrected chi connectivity index (χ4v) is 1.72. The molecule has 0 radical (unpaired) electrons. The second-order valence-electron chi connectivity index (χ2n) is 3.24. The van der Waals surface area contributed by atoms with E-state index in [0.29, 0.717) is 0 Å². The van der Waals surface area contributed by atoms with E-state index in [1.807, 2.05) is 0 Å². The monoisotopic (exact) mass is 154 g/mol. The Morgan fingerprint density at radius 3 is 1.82 bits per heavy atom. The molecule has 2 aliphatic rings. The maximum absolute atomic E-state index is 9.00. The topological polar surface area (TPSA) is 37.3 Å². The fraction of sp³-hybridized carbons (Fsp3) is 0.667. The molecule has 0 amide bonds. The standard InChI is InChI=1S/C7H10.C2H4O2/c1-2-7-4-3-6(1)5-7;1-2(3)4/h1-2,6-7H,3-5H2;1H3,(H,3,4). The van der Waals surface area contributed by atoms with E-state index < -0.39 is 5.97 Å². The van der Waals surface area contributed by atoms with Crippen LogP contribution in [0.25, 0.3) is 0 Å². The summed E-state index contributed by atoms with van der Waals surface area (Å²) in [5.74, 6) is 1.15. The van der Waals surface area contributed by atoms with Crippen LogP contribution in [0.4, 0.5) is 0 Å². The molecule has 0 heterocycles. The van der Waals surface area contributed by atoms with Crippen LogP contribution >= 0.6 is 0 Å². The van der Waals surface area contributed by atoms with Gasteiger partial charge in [0.05, 0.1) is 0 Å². The first-order chi connectivity index (χ1) is 5.18. The summed E-state index contributed by atoms with van der Waals surface area (Å²) in [5.41, 5.74) is 0. The van der Waals surface area contributed by atoms with Crippen LogP contribution < -0.4 is 0 Å². The number of fused-ring (bicyclic) bond motifs is 2. The summed E-state index contributed by atoms with van der Waals surface area (Å²) in [5, 5.41) is 7.42. The third-order valence-electron chi connectivity index (χ3n) is 2.17. The van der Waals surface area contributed by atoms with Crippen molar-refractivity contribution in [2.24, 2.45) is 11.8 Å². The van der Waals surface area contributed by atoms with Gasteiger partial charge in [-0.15, -0.1) is 0 Å². The molecule has 2 bridgehead atoms. The van der Waals surface area contributed by atoms with Gasteiger partial charge in [-0.1, -0.05) is 12.2 Å². The van der Waals surface area contributed by atoms with Crippen molar-refractivity contribution >= 4 is 5.97 Å². The number of carbonyl (C=O) groups is 1. The van der Waals surface area contributed by atoms with Gasteiger partial charge in [0.15, 0.2) is 0 Å². The Labute approximate surface area is 66.9 Å². The number of allylic oxidation sites excluding steroid dienone is 2. The normalized spacial score (nSPS) is 31.4. The van der Waals surface area contributed by atoms with Crippen molar-refractivity contribution in [3.05, 3.63) is 12.2 Å². The first-order valence-corrected chi connectivity index (χ1v) is 4.06. The summed E-state index contributed by atoms with van der Waals surface area (Å²) in [6.07, 6.45) is 9.19. The van der Waals surface area contributed by atoms with Crippen molar-refractivity contribution < 1.29 is 9.90 Å². The third-order valence-corrected chi connectivity index (χ3v) is 2.17. The van der Waals surface area contributed by atoms with Gasteiger partial charge in [-0.3, -0.25) is 4.79 Å². The van der Waals surface area contributed by atoms with Crippen LogP contribution in [0.3, 0.4) is 0 Å². The van der Waals surface area contributed by atoms with Crippen LogP contribution in [0.5, 0.6) is 0 Å². The number of hydrogen-bond acceptors (Lipinski definition) is 1. The molecule has 2 aliphatic carbocycles. The zero-order chi connectivity index (χ0) is 8.27. The van der Waals surface area contributed by atoms with Crippen molar-refractivity contribution in [3.8, 4) is 0 Å². The lowest BCUT2D eigenvalue weighted by Crippen LogP contribution is -1.82. The molecule has 0 aromatic carbocycles. The van der Waals surface area contributed by atoms with E-state index in [1.165, 1.54) is 19.3 Å². The van der Waals surface area contributed by atoms with Gasteiger partial charge in [0.1, 0.15) is 0 Å². The van der Waals surface area contributed by atoms with E-state index in [9.17, 15) is 0 Å². The molecular weight excluding hydrogens is 140 g/mol. The maximum atomic E-state index is 9.00. The minimum atomic E-state index is -0.833. The lowest BCUT2D eigenvalue weighted by atomic mass is 10.1. The maximum Gasteiger partial charge on any atom is 0.300 e. The summed E-state index contributed by atoms with van der Waals surface area (Å²) in [6.45, 7) is 1.08. The second-order valence-corrected chi connectivity index (χ2v) is 3.24. The average molecular weight is 154 g/mol. The van der Waals surface area contributed by atoms with Crippen LogP contribution in [0.2, 0.25) is 0 Å². The smallest absolute Gasteiger partial charge is 0.300 e. The van der Waals surface area contributed by atoms with Gasteiger partial charge in [0.25, 0.3) is 5.97 Å². The first-order valence-electron chi connectivity index (χ1n) is 4.06. The summed E-state index contributed by atoms with van der Waals surface area (Å²) < 4.78 is 0. The third kappa shape index (κ3) is 2.74. The Hall–Kier alpha value is -0.790. The first kappa shape index (κ1) is 8.31. The molecule has 2 nitrogen and oxygen atoms in total. The predicted octanol–water partition coefficient (Wildman–Crippen LogP) is 2.06. The quantitative estimate of drug-likeness (QED) is 0.542. The van der Waals surface area contributed by atoms with Gasteiger partial charge >= 0.3 is 0 Å².